The zero-order chi connectivity index (χ0) is 17.4. The lowest BCUT2D eigenvalue weighted by Gasteiger charge is -2.21. The van der Waals surface area contributed by atoms with Gasteiger partial charge >= 0.3 is 19.2 Å². The van der Waals surface area contributed by atoms with Crippen molar-refractivity contribution in [2.24, 2.45) is 0 Å². The molecule has 0 aliphatic carbocycles. The number of alkyl halides is 2. The van der Waals surface area contributed by atoms with Gasteiger partial charge in [-0.1, -0.05) is 15.9 Å². The molecule has 10 heteroatoms. The Kier molecular flexibility index (Phi) is 5.27. The van der Waals surface area contributed by atoms with Gasteiger partial charge in [0, 0.05) is 21.8 Å². The molecule has 0 amide bonds. The average molecular weight is 429 g/mol. The number of carbonyl (C=O) groups is 1. The van der Waals surface area contributed by atoms with Crippen molar-refractivity contribution in [1.29, 1.82) is 0 Å². The molecule has 2 aromatic rings. The Bertz CT molecular complexity index is 807. The van der Waals surface area contributed by atoms with Gasteiger partial charge in [-0.3, -0.25) is 4.57 Å². The van der Waals surface area contributed by atoms with Gasteiger partial charge in [0.25, 0.3) is 0 Å². The summed E-state index contributed by atoms with van der Waals surface area (Å²) in [5.74, 6) is -0.553. The summed E-state index contributed by atoms with van der Waals surface area (Å²) < 4.78 is 49.3. The second kappa shape index (κ2) is 6.57. The van der Waals surface area contributed by atoms with Gasteiger partial charge < -0.3 is 14.2 Å². The van der Waals surface area contributed by atoms with E-state index in [4.69, 9.17) is 4.74 Å². The third-order valence-electron chi connectivity index (χ3n) is 3.01. The molecule has 23 heavy (non-hydrogen) atoms. The molecule has 2 rings (SSSR count). The number of benzene rings is 1. The Morgan fingerprint density at radius 3 is 2.65 bits per heavy atom. The highest BCUT2D eigenvalue weighted by atomic mass is 79.9. The zero-order valence-corrected chi connectivity index (χ0v) is 15.3. The number of fused-ring (bicyclic) bond motifs is 1. The van der Waals surface area contributed by atoms with Gasteiger partial charge in [0.2, 0.25) is 0 Å². The van der Waals surface area contributed by atoms with Gasteiger partial charge in [-0.05, 0) is 30.5 Å². The van der Waals surface area contributed by atoms with E-state index in [1.807, 2.05) is 0 Å². The highest BCUT2D eigenvalue weighted by molar-refractivity contribution is 9.10. The molecule has 0 fully saturated rings. The predicted octanol–water partition coefficient (Wildman–Crippen LogP) is 4.72. The Balaban J connectivity index is 2.58. The lowest BCUT2D eigenvalue weighted by Crippen LogP contribution is -2.15. The molecule has 0 bridgehead atoms. The summed E-state index contributed by atoms with van der Waals surface area (Å²) in [6.45, 7) is 1.85. The van der Waals surface area contributed by atoms with E-state index in [-0.39, 0.29) is 16.0 Å². The van der Waals surface area contributed by atoms with Crippen molar-refractivity contribution in [3.8, 4) is 0 Å². The molecule has 1 aromatic carbocycles. The molecule has 1 atom stereocenters. The van der Waals surface area contributed by atoms with Gasteiger partial charge in [0.05, 0.1) is 6.61 Å². The minimum Gasteiger partial charge on any atom is -0.462 e. The van der Waals surface area contributed by atoms with Gasteiger partial charge in [-0.25, -0.2) is 4.79 Å². The first-order valence-corrected chi connectivity index (χ1v) is 9.50. The van der Waals surface area contributed by atoms with Crippen LogP contribution in [0.15, 0.2) is 22.7 Å². The van der Waals surface area contributed by atoms with E-state index >= 15 is 0 Å². The summed E-state index contributed by atoms with van der Waals surface area (Å²) in [4.78, 5) is 21.3. The van der Waals surface area contributed by atoms with E-state index in [0.717, 1.165) is 24.5 Å². The highest BCUT2D eigenvalue weighted by Gasteiger charge is 2.53. The minimum atomic E-state index is -5.18. The van der Waals surface area contributed by atoms with Gasteiger partial charge in [-0.15, -0.1) is 11.3 Å². The quantitative estimate of drug-likeness (QED) is 0.550. The predicted molar refractivity (Wildman–Crippen MR) is 86.2 cm³/mol. The second-order valence-electron chi connectivity index (χ2n) is 4.45. The standard InChI is InChI=1S/C13H12BrF2O5PS/c1-3-21-12(17)11-5-7-4-9(14)8(6-10(7)23-11)13(15,16)22(18,19)20-2/h4-6H,3H2,1-2H3,(H,18,19). The molecule has 0 radical (unpaired) electrons. The van der Waals surface area contributed by atoms with Crippen LogP contribution in [0.3, 0.4) is 0 Å². The van der Waals surface area contributed by atoms with Crippen LogP contribution >= 0.6 is 34.9 Å². The molecule has 0 saturated carbocycles. The molecule has 1 heterocycles. The number of hydrogen-bond acceptors (Lipinski definition) is 5. The lowest BCUT2D eigenvalue weighted by molar-refractivity contribution is 0.0505. The number of carbonyl (C=O) groups excluding carboxylic acids is 1. The molecule has 0 aliphatic rings. The van der Waals surface area contributed by atoms with Crippen LogP contribution in [0.5, 0.6) is 0 Å². The maximum atomic E-state index is 14.3. The minimum absolute atomic E-state index is 0.0606. The Labute approximate surface area is 142 Å². The summed E-state index contributed by atoms with van der Waals surface area (Å²) >= 11 is 3.93. The van der Waals surface area contributed by atoms with Crippen LogP contribution in [0, 0.1) is 0 Å². The van der Waals surface area contributed by atoms with Crippen LogP contribution in [0.2, 0.25) is 0 Å². The smallest absolute Gasteiger partial charge is 0.401 e. The lowest BCUT2D eigenvalue weighted by atomic mass is 10.2. The summed E-state index contributed by atoms with van der Waals surface area (Å²) in [5, 5.41) is 0.537. The van der Waals surface area contributed by atoms with Crippen LogP contribution in [0.4, 0.5) is 8.78 Å². The fourth-order valence-corrected chi connectivity index (χ4v) is 4.32. The molecule has 0 spiro atoms. The molecule has 1 N–H and O–H groups in total. The fraction of sp³-hybridized carbons (Fsp3) is 0.308. The van der Waals surface area contributed by atoms with Crippen LogP contribution in [0.25, 0.3) is 10.1 Å². The normalized spacial score (nSPS) is 14.7. The van der Waals surface area contributed by atoms with Gasteiger partial charge in [0.1, 0.15) is 4.88 Å². The first-order valence-electron chi connectivity index (χ1n) is 6.31. The van der Waals surface area contributed by atoms with E-state index in [1.54, 1.807) is 6.92 Å². The molecule has 0 aliphatic heterocycles. The molecule has 5 nitrogen and oxygen atoms in total. The number of thiophene rings is 1. The van der Waals surface area contributed by atoms with Crippen molar-refractivity contribution >= 4 is 50.9 Å². The van der Waals surface area contributed by atoms with Crippen LogP contribution < -0.4 is 0 Å². The zero-order valence-electron chi connectivity index (χ0n) is 12.0. The Morgan fingerprint density at radius 2 is 2.09 bits per heavy atom. The number of esters is 1. The second-order valence-corrected chi connectivity index (χ2v) is 8.35. The molecule has 1 aromatic heterocycles. The first kappa shape index (κ1) is 18.5. The van der Waals surface area contributed by atoms with E-state index in [0.29, 0.717) is 10.1 Å². The average Bonchev–Trinajstić information content (AvgIpc) is 2.89. The first-order chi connectivity index (χ1) is 10.6. The molecule has 0 saturated heterocycles. The third-order valence-corrected chi connectivity index (χ3v) is 6.19. The van der Waals surface area contributed by atoms with Crippen molar-refractivity contribution in [3.05, 3.63) is 33.1 Å². The molecular formula is C13H12BrF2O5PS. The summed E-state index contributed by atoms with van der Waals surface area (Å²) in [6.07, 6.45) is 0. The van der Waals surface area contributed by atoms with Gasteiger partial charge in [-0.2, -0.15) is 8.78 Å². The van der Waals surface area contributed by atoms with Crippen molar-refractivity contribution in [2.45, 2.75) is 12.6 Å². The highest BCUT2D eigenvalue weighted by Crippen LogP contribution is 2.63. The SMILES string of the molecule is CCOC(=O)c1cc2cc(Br)c(C(F)(F)P(=O)(O)OC)cc2s1. The maximum absolute atomic E-state index is 14.3. The van der Waals surface area contributed by atoms with Crippen molar-refractivity contribution in [2.75, 3.05) is 13.7 Å². The topological polar surface area (TPSA) is 72.8 Å². The van der Waals surface area contributed by atoms with E-state index in [9.17, 15) is 23.0 Å². The van der Waals surface area contributed by atoms with Crippen LogP contribution in [-0.4, -0.2) is 24.6 Å². The maximum Gasteiger partial charge on any atom is 0.401 e. The molecule has 126 valence electrons. The van der Waals surface area contributed by atoms with Crippen molar-refractivity contribution in [1.82, 2.24) is 0 Å². The monoisotopic (exact) mass is 428 g/mol. The molecule has 1 unspecified atom stereocenters. The van der Waals surface area contributed by atoms with E-state index in [1.165, 1.54) is 12.1 Å². The van der Waals surface area contributed by atoms with E-state index < -0.39 is 24.8 Å². The number of hydrogen-bond donors (Lipinski definition) is 1. The Morgan fingerprint density at radius 1 is 1.43 bits per heavy atom. The fourth-order valence-electron chi connectivity index (χ4n) is 1.86. The largest absolute Gasteiger partial charge is 0.462 e. The number of ether oxygens (including phenoxy) is 1. The van der Waals surface area contributed by atoms with Crippen LogP contribution in [-0.2, 0) is 19.5 Å². The summed E-state index contributed by atoms with van der Waals surface area (Å²) in [6, 6.07) is 3.93. The van der Waals surface area contributed by atoms with Crippen molar-refractivity contribution in [3.63, 3.8) is 0 Å². The third kappa shape index (κ3) is 3.34. The van der Waals surface area contributed by atoms with Gasteiger partial charge in [0.15, 0.2) is 0 Å². The number of halogens is 3. The molecular weight excluding hydrogens is 417 g/mol. The van der Waals surface area contributed by atoms with Crippen LogP contribution in [0.1, 0.15) is 22.2 Å². The Hall–Kier alpha value is -0.860. The van der Waals surface area contributed by atoms with E-state index in [2.05, 4.69) is 20.5 Å². The number of rotatable bonds is 5. The summed E-state index contributed by atoms with van der Waals surface area (Å²) in [7, 11) is -4.44. The van der Waals surface area contributed by atoms with Crippen molar-refractivity contribution < 1.29 is 32.3 Å². The summed E-state index contributed by atoms with van der Waals surface area (Å²) in [5.41, 5.74) is -4.78.